The topological polar surface area (TPSA) is 26.3 Å². The normalized spacial score (nSPS) is 7.40. The summed E-state index contributed by atoms with van der Waals surface area (Å²) in [6, 6.07) is 0.528. The van der Waals surface area contributed by atoms with E-state index >= 15 is 0 Å². The molecule has 4 heteroatoms. The maximum atomic E-state index is 10.4. The zero-order valence-corrected chi connectivity index (χ0v) is 10.4. The van der Waals surface area contributed by atoms with Crippen molar-refractivity contribution in [3.63, 3.8) is 0 Å². The third-order valence-corrected chi connectivity index (χ3v) is 1.52. The van der Waals surface area contributed by atoms with Crippen LogP contribution in [0.2, 0.25) is 6.04 Å². The predicted molar refractivity (Wildman–Crippen MR) is 39.0 cm³/mol. The molecular formula is C6H12O2SiY-2. The van der Waals surface area contributed by atoms with Crippen LogP contribution in [-0.2, 0) is 41.9 Å². The van der Waals surface area contributed by atoms with Crippen molar-refractivity contribution in [2.75, 3.05) is 7.11 Å². The molecule has 0 amide bonds. The van der Waals surface area contributed by atoms with E-state index in [0.29, 0.717) is 22.2 Å². The van der Waals surface area contributed by atoms with E-state index in [-0.39, 0.29) is 45.9 Å². The van der Waals surface area contributed by atoms with Crippen LogP contribution >= 0.6 is 0 Å². The van der Waals surface area contributed by atoms with Gasteiger partial charge in [0.1, 0.15) is 5.78 Å². The first-order chi connectivity index (χ1) is 3.81. The standard InChI is InChI=1S/C5H9O2Si.CH3.Y/c1-3-5(6)4-8-7-2;;/h1,3-4H2,2H3;1H3;/q2*-1;. The largest absolute Gasteiger partial charge is 0.420 e. The molecule has 0 aromatic heterocycles. The first-order valence-electron chi connectivity index (χ1n) is 2.38. The fourth-order valence-corrected chi connectivity index (χ4v) is 0.723. The number of hydrogen-bond acceptors (Lipinski definition) is 2. The Kier molecular flexibility index (Phi) is 21.6. The van der Waals surface area contributed by atoms with E-state index in [9.17, 15) is 4.79 Å². The predicted octanol–water partition coefficient (Wildman–Crippen LogP) is 0.911. The van der Waals surface area contributed by atoms with Crippen molar-refractivity contribution in [1.29, 1.82) is 0 Å². The number of carbonyl (C=O) groups excluding carboxylic acids is 1. The Bertz CT molecular complexity index is 78.1. The second kappa shape index (κ2) is 12.6. The van der Waals surface area contributed by atoms with E-state index < -0.39 is 0 Å². The van der Waals surface area contributed by atoms with Gasteiger partial charge >= 0.3 is 0 Å². The first-order valence-corrected chi connectivity index (χ1v) is 3.49. The Morgan fingerprint density at radius 3 is 2.50 bits per heavy atom. The van der Waals surface area contributed by atoms with Crippen molar-refractivity contribution < 1.29 is 41.9 Å². The summed E-state index contributed by atoms with van der Waals surface area (Å²) >= 11 is 0. The molecule has 0 rings (SSSR count). The quantitative estimate of drug-likeness (QED) is 0.533. The van der Waals surface area contributed by atoms with Gasteiger partial charge in [0, 0.05) is 45.9 Å². The van der Waals surface area contributed by atoms with Crippen molar-refractivity contribution in [2.24, 2.45) is 0 Å². The van der Waals surface area contributed by atoms with Crippen LogP contribution in [0.5, 0.6) is 0 Å². The Morgan fingerprint density at radius 1 is 1.70 bits per heavy atom. The second-order valence-corrected chi connectivity index (χ2v) is 2.36. The van der Waals surface area contributed by atoms with Crippen molar-refractivity contribution in [3.8, 4) is 0 Å². The zero-order chi connectivity index (χ0) is 6.41. The summed E-state index contributed by atoms with van der Waals surface area (Å²) in [7, 11) is 1.90. The summed E-state index contributed by atoms with van der Waals surface area (Å²) in [5.74, 6) is 0.171. The first kappa shape index (κ1) is 17.2. The van der Waals surface area contributed by atoms with Gasteiger partial charge in [-0.3, -0.25) is 0 Å². The molecule has 0 saturated carbocycles. The maximum Gasteiger partial charge on any atom is 0.236 e. The van der Waals surface area contributed by atoms with Crippen molar-refractivity contribution in [1.82, 2.24) is 0 Å². The molecule has 0 fully saturated rings. The monoisotopic (exact) mass is 233 g/mol. The Hall–Kier alpha value is 0.951. The summed E-state index contributed by atoms with van der Waals surface area (Å²) in [6.45, 7) is 3.44. The van der Waals surface area contributed by atoms with Crippen molar-refractivity contribution >= 4 is 15.5 Å². The molecule has 0 bridgehead atoms. The minimum absolute atomic E-state index is 0. The Balaban J connectivity index is -0.000000245. The molecule has 0 aromatic rings. The molecule has 0 aromatic carbocycles. The van der Waals surface area contributed by atoms with Crippen LogP contribution in [-0.4, -0.2) is 22.7 Å². The van der Waals surface area contributed by atoms with Crippen LogP contribution in [0, 0.1) is 14.4 Å². The number of Topliss-reactive ketones (excluding diaryl/α,β-unsaturated/α-hetero) is 1. The van der Waals surface area contributed by atoms with Gasteiger partial charge in [0.15, 0.2) is 0 Å². The van der Waals surface area contributed by atoms with E-state index in [0.717, 1.165) is 0 Å². The van der Waals surface area contributed by atoms with Gasteiger partial charge in [0.25, 0.3) is 0 Å². The maximum absolute atomic E-state index is 10.4. The van der Waals surface area contributed by atoms with E-state index in [4.69, 9.17) is 4.43 Å². The average molecular weight is 233 g/mol. The number of hydrogen-bond donors (Lipinski definition) is 0. The number of rotatable bonds is 4. The summed E-state index contributed by atoms with van der Waals surface area (Å²) in [6.07, 6.45) is 0.385. The van der Waals surface area contributed by atoms with Crippen LogP contribution in [0.3, 0.4) is 0 Å². The molecule has 0 aliphatic rings. The molecular weight excluding hydrogens is 221 g/mol. The smallest absolute Gasteiger partial charge is 0.236 e. The van der Waals surface area contributed by atoms with Gasteiger partial charge in [-0.25, -0.2) is 0 Å². The van der Waals surface area contributed by atoms with Crippen LogP contribution in [0.15, 0.2) is 0 Å². The molecule has 3 radical (unpaired) electrons. The second-order valence-electron chi connectivity index (χ2n) is 1.31. The zero-order valence-electron chi connectivity index (χ0n) is 6.52. The minimum atomic E-state index is 0. The Labute approximate surface area is 90.9 Å². The number of carbonyl (C=O) groups is 1. The van der Waals surface area contributed by atoms with Gasteiger partial charge < -0.3 is 23.6 Å². The van der Waals surface area contributed by atoms with Gasteiger partial charge in [0.2, 0.25) is 9.76 Å². The Morgan fingerprint density at radius 2 is 2.20 bits per heavy atom. The molecule has 0 heterocycles. The third-order valence-electron chi connectivity index (χ3n) is 0.693. The molecule has 0 N–H and O–H groups in total. The molecule has 0 aliphatic carbocycles. The summed E-state index contributed by atoms with van der Waals surface area (Å²) < 4.78 is 4.69. The van der Waals surface area contributed by atoms with Crippen LogP contribution < -0.4 is 0 Å². The van der Waals surface area contributed by atoms with E-state index in [1.165, 1.54) is 0 Å². The minimum Gasteiger partial charge on any atom is -0.420 e. The van der Waals surface area contributed by atoms with Gasteiger partial charge in [-0.05, 0) is 0 Å². The van der Waals surface area contributed by atoms with Gasteiger partial charge in [0.05, 0.1) is 0 Å². The van der Waals surface area contributed by atoms with E-state index in [1.54, 1.807) is 7.11 Å². The average Bonchev–Trinajstić information content (AvgIpc) is 1.83. The molecule has 2 nitrogen and oxygen atoms in total. The molecule has 0 unspecified atom stereocenters. The van der Waals surface area contributed by atoms with E-state index in [1.807, 2.05) is 0 Å². The van der Waals surface area contributed by atoms with E-state index in [2.05, 4.69) is 6.92 Å². The fourth-order valence-electron chi connectivity index (χ4n) is 0.241. The van der Waals surface area contributed by atoms with Crippen LogP contribution in [0.25, 0.3) is 0 Å². The van der Waals surface area contributed by atoms with Crippen molar-refractivity contribution in [2.45, 2.75) is 12.5 Å². The molecule has 57 valence electrons. The molecule has 0 spiro atoms. The molecule has 10 heavy (non-hydrogen) atoms. The van der Waals surface area contributed by atoms with Crippen LogP contribution in [0.4, 0.5) is 0 Å². The van der Waals surface area contributed by atoms with Gasteiger partial charge in [-0.2, -0.15) is 0 Å². The summed E-state index contributed by atoms with van der Waals surface area (Å²) in [5, 5.41) is 0. The van der Waals surface area contributed by atoms with Crippen LogP contribution in [0.1, 0.15) is 6.42 Å². The van der Waals surface area contributed by atoms with Gasteiger partial charge in [-0.15, -0.1) is 6.42 Å². The fraction of sp³-hybridized carbons (Fsp3) is 0.500. The van der Waals surface area contributed by atoms with Gasteiger partial charge in [-0.1, -0.05) is 0 Å². The summed E-state index contributed by atoms with van der Waals surface area (Å²) in [5.41, 5.74) is 0. The number of ketones is 1. The SMILES string of the molecule is [CH2-]CC(=O)C[Si]OC.[CH3-].[Y]. The third kappa shape index (κ3) is 11.7. The molecule has 0 atom stereocenters. The van der Waals surface area contributed by atoms with Crippen molar-refractivity contribution in [3.05, 3.63) is 14.4 Å². The summed E-state index contributed by atoms with van der Waals surface area (Å²) in [4.78, 5) is 10.4. The molecule has 0 saturated heterocycles. The molecule has 0 aliphatic heterocycles.